The first-order valence-corrected chi connectivity index (χ1v) is 6.58. The summed E-state index contributed by atoms with van der Waals surface area (Å²) in [6, 6.07) is 5.35. The summed E-state index contributed by atoms with van der Waals surface area (Å²) >= 11 is 3.19. The van der Waals surface area contributed by atoms with E-state index in [4.69, 9.17) is 0 Å². The van der Waals surface area contributed by atoms with Crippen molar-refractivity contribution in [2.75, 3.05) is 6.54 Å². The Bertz CT molecular complexity index is 596. The van der Waals surface area contributed by atoms with Gasteiger partial charge in [0.25, 0.3) is 0 Å². The normalized spacial score (nSPS) is 18.7. The van der Waals surface area contributed by atoms with Gasteiger partial charge in [0.05, 0.1) is 16.1 Å². The van der Waals surface area contributed by atoms with Crippen LogP contribution in [0, 0.1) is 5.82 Å². The molecule has 1 aromatic heterocycles. The molecule has 1 aliphatic rings. The molecule has 1 N–H and O–H groups in total. The van der Waals surface area contributed by atoms with E-state index in [2.05, 4.69) is 31.4 Å². The first-order valence-electron chi connectivity index (χ1n) is 5.79. The van der Waals surface area contributed by atoms with Gasteiger partial charge in [-0.3, -0.25) is 0 Å². The van der Waals surface area contributed by atoms with Crippen molar-refractivity contribution in [1.29, 1.82) is 0 Å². The van der Waals surface area contributed by atoms with Crippen molar-refractivity contribution in [2.24, 2.45) is 0 Å². The van der Waals surface area contributed by atoms with Crippen LogP contribution in [-0.4, -0.2) is 21.3 Å². The highest BCUT2D eigenvalue weighted by Gasteiger charge is 2.23. The quantitative estimate of drug-likeness (QED) is 0.880. The molecule has 0 fully saturated rings. The maximum atomic E-state index is 14.1. The smallest absolute Gasteiger partial charge is 0.167 e. The largest absolute Gasteiger partial charge is 0.308 e. The molecule has 1 unspecified atom stereocenters. The topological polar surface area (TPSA) is 42.7 Å². The highest BCUT2D eigenvalue weighted by molar-refractivity contribution is 9.10. The first-order chi connectivity index (χ1) is 8.68. The third kappa shape index (κ3) is 1.76. The van der Waals surface area contributed by atoms with E-state index in [1.54, 1.807) is 18.2 Å². The molecule has 2 aromatic rings. The molecule has 1 atom stereocenters. The summed E-state index contributed by atoms with van der Waals surface area (Å²) in [6.07, 6.45) is 0. The maximum Gasteiger partial charge on any atom is 0.167 e. The van der Waals surface area contributed by atoms with Gasteiger partial charge in [-0.15, -0.1) is 10.2 Å². The lowest BCUT2D eigenvalue weighted by molar-refractivity contribution is 0.438. The van der Waals surface area contributed by atoms with Gasteiger partial charge in [-0.1, -0.05) is 6.07 Å². The predicted octanol–water partition coefficient (Wildman–Crippen LogP) is 2.51. The van der Waals surface area contributed by atoms with Crippen molar-refractivity contribution >= 4 is 15.9 Å². The minimum atomic E-state index is -0.293. The van der Waals surface area contributed by atoms with Crippen molar-refractivity contribution in [3.8, 4) is 11.4 Å². The molecule has 0 saturated heterocycles. The number of halogens is 2. The fourth-order valence-corrected chi connectivity index (χ4v) is 2.58. The van der Waals surface area contributed by atoms with Crippen LogP contribution in [-0.2, 0) is 6.54 Å². The van der Waals surface area contributed by atoms with Gasteiger partial charge >= 0.3 is 0 Å². The number of benzene rings is 1. The third-order valence-corrected chi connectivity index (χ3v) is 3.76. The molecular formula is C12H12BrFN4. The lowest BCUT2D eigenvalue weighted by Gasteiger charge is -2.22. The molecule has 1 aliphatic heterocycles. The lowest BCUT2D eigenvalue weighted by atomic mass is 10.2. The molecule has 0 bridgehead atoms. The summed E-state index contributed by atoms with van der Waals surface area (Å²) in [6.45, 7) is 3.63. The van der Waals surface area contributed by atoms with Crippen LogP contribution in [0.25, 0.3) is 11.4 Å². The van der Waals surface area contributed by atoms with Gasteiger partial charge in [0.15, 0.2) is 5.82 Å². The fraction of sp³-hybridized carbons (Fsp3) is 0.333. The molecule has 94 valence electrons. The number of nitrogens with one attached hydrogen (secondary N) is 1. The molecule has 6 heteroatoms. The SMILES string of the molecule is CC1NCCn2c(-c3cccc(Br)c3F)nnc21. The summed E-state index contributed by atoms with van der Waals surface area (Å²) in [4.78, 5) is 0. The van der Waals surface area contributed by atoms with Gasteiger partial charge in [0.1, 0.15) is 11.6 Å². The summed E-state index contributed by atoms with van der Waals surface area (Å²) in [5, 5.41) is 11.6. The fourth-order valence-electron chi connectivity index (χ4n) is 2.22. The standard InChI is InChI=1S/C12H12BrFN4/c1-7-11-16-17-12(18(11)6-5-15-7)8-3-2-4-9(13)10(8)14/h2-4,7,15H,5-6H2,1H3. The van der Waals surface area contributed by atoms with E-state index in [-0.39, 0.29) is 11.9 Å². The van der Waals surface area contributed by atoms with Crippen molar-refractivity contribution < 1.29 is 4.39 Å². The van der Waals surface area contributed by atoms with Crippen molar-refractivity contribution in [1.82, 2.24) is 20.1 Å². The molecule has 2 heterocycles. The summed E-state index contributed by atoms with van der Waals surface area (Å²) in [5.41, 5.74) is 0.484. The number of fused-ring (bicyclic) bond motifs is 1. The Balaban J connectivity index is 2.16. The van der Waals surface area contributed by atoms with Crippen molar-refractivity contribution in [3.05, 3.63) is 34.3 Å². The van der Waals surface area contributed by atoms with Crippen LogP contribution < -0.4 is 5.32 Å². The molecule has 4 nitrogen and oxygen atoms in total. The van der Waals surface area contributed by atoms with Crippen LogP contribution in [0.3, 0.4) is 0 Å². The zero-order chi connectivity index (χ0) is 12.7. The Morgan fingerprint density at radius 3 is 3.11 bits per heavy atom. The van der Waals surface area contributed by atoms with Crippen molar-refractivity contribution in [3.63, 3.8) is 0 Å². The molecule has 0 amide bonds. The average molecular weight is 311 g/mol. The maximum absolute atomic E-state index is 14.1. The third-order valence-electron chi connectivity index (χ3n) is 3.15. The summed E-state index contributed by atoms with van der Waals surface area (Å²) in [7, 11) is 0. The highest BCUT2D eigenvalue weighted by atomic mass is 79.9. The van der Waals surface area contributed by atoms with E-state index in [9.17, 15) is 4.39 Å². The lowest BCUT2D eigenvalue weighted by Crippen LogP contribution is -2.32. The van der Waals surface area contributed by atoms with Gasteiger partial charge in [0, 0.05) is 13.1 Å². The number of rotatable bonds is 1. The molecule has 0 spiro atoms. The van der Waals surface area contributed by atoms with Crippen molar-refractivity contribution in [2.45, 2.75) is 19.5 Å². The molecule has 0 aliphatic carbocycles. The second kappa shape index (κ2) is 4.44. The van der Waals surface area contributed by atoms with Crippen LogP contribution in [0.4, 0.5) is 4.39 Å². The van der Waals surface area contributed by atoms with E-state index in [1.165, 1.54) is 0 Å². The Kier molecular flexibility index (Phi) is 2.91. The van der Waals surface area contributed by atoms with Crippen LogP contribution in [0.1, 0.15) is 18.8 Å². The molecular weight excluding hydrogens is 299 g/mol. The van der Waals surface area contributed by atoms with Gasteiger partial charge in [-0.25, -0.2) is 4.39 Å². The van der Waals surface area contributed by atoms with Crippen LogP contribution >= 0.6 is 15.9 Å². The second-order valence-corrected chi connectivity index (χ2v) is 5.16. The molecule has 18 heavy (non-hydrogen) atoms. The number of hydrogen-bond acceptors (Lipinski definition) is 3. The van der Waals surface area contributed by atoms with E-state index < -0.39 is 0 Å². The Labute approximate surface area is 112 Å². The van der Waals surface area contributed by atoms with Crippen LogP contribution in [0.5, 0.6) is 0 Å². The zero-order valence-electron chi connectivity index (χ0n) is 9.82. The Morgan fingerprint density at radius 2 is 2.28 bits per heavy atom. The van der Waals surface area contributed by atoms with E-state index in [1.807, 2.05) is 11.5 Å². The molecule has 1 aromatic carbocycles. The summed E-state index contributed by atoms with van der Waals surface area (Å²) in [5.74, 6) is 1.16. The number of nitrogens with zero attached hydrogens (tertiary/aromatic N) is 3. The minimum Gasteiger partial charge on any atom is -0.308 e. The van der Waals surface area contributed by atoms with Gasteiger partial charge in [-0.05, 0) is 35.0 Å². The highest BCUT2D eigenvalue weighted by Crippen LogP contribution is 2.28. The minimum absolute atomic E-state index is 0.148. The monoisotopic (exact) mass is 310 g/mol. The Morgan fingerprint density at radius 1 is 1.44 bits per heavy atom. The average Bonchev–Trinajstić information content (AvgIpc) is 2.78. The molecule has 0 saturated carbocycles. The first kappa shape index (κ1) is 11.8. The van der Waals surface area contributed by atoms with Crippen LogP contribution in [0.15, 0.2) is 22.7 Å². The van der Waals surface area contributed by atoms with E-state index in [0.29, 0.717) is 15.9 Å². The molecule has 3 rings (SSSR count). The van der Waals surface area contributed by atoms with Gasteiger partial charge < -0.3 is 9.88 Å². The zero-order valence-corrected chi connectivity index (χ0v) is 11.4. The second-order valence-electron chi connectivity index (χ2n) is 4.31. The number of aromatic nitrogens is 3. The van der Waals surface area contributed by atoms with Crippen LogP contribution in [0.2, 0.25) is 0 Å². The summed E-state index contributed by atoms with van der Waals surface area (Å²) < 4.78 is 16.5. The van der Waals surface area contributed by atoms with Gasteiger partial charge in [-0.2, -0.15) is 0 Å². The van der Waals surface area contributed by atoms with E-state index >= 15 is 0 Å². The number of hydrogen-bond donors (Lipinski definition) is 1. The predicted molar refractivity (Wildman–Crippen MR) is 69.5 cm³/mol. The van der Waals surface area contributed by atoms with E-state index in [0.717, 1.165) is 18.9 Å². The van der Waals surface area contributed by atoms with Gasteiger partial charge in [0.2, 0.25) is 0 Å². The Hall–Kier alpha value is -1.27. The molecule has 0 radical (unpaired) electrons.